The Bertz CT molecular complexity index is 1180. The van der Waals surface area contributed by atoms with Gasteiger partial charge in [0, 0.05) is 11.8 Å². The molecular formula is C17H13N7O. The molecular weight excluding hydrogens is 318 g/mol. The molecule has 5 aromatic rings. The number of oxazole rings is 1. The van der Waals surface area contributed by atoms with E-state index in [1.165, 1.54) is 6.26 Å². The Hall–Kier alpha value is -3.55. The third kappa shape index (κ3) is 2.11. The minimum Gasteiger partial charge on any atom is -0.442 e. The second kappa shape index (κ2) is 4.97. The number of imidazole rings is 1. The van der Waals surface area contributed by atoms with Crippen molar-refractivity contribution in [1.82, 2.24) is 34.5 Å². The van der Waals surface area contributed by atoms with Crippen LogP contribution >= 0.6 is 0 Å². The first-order valence-corrected chi connectivity index (χ1v) is 7.78. The van der Waals surface area contributed by atoms with Crippen molar-refractivity contribution >= 4 is 16.7 Å². The van der Waals surface area contributed by atoms with E-state index in [9.17, 15) is 0 Å². The summed E-state index contributed by atoms with van der Waals surface area (Å²) in [6.07, 6.45) is 4.90. The zero-order valence-electron chi connectivity index (χ0n) is 13.6. The summed E-state index contributed by atoms with van der Waals surface area (Å²) in [6, 6.07) is 5.87. The van der Waals surface area contributed by atoms with Gasteiger partial charge in [-0.25, -0.2) is 19.5 Å². The first-order chi connectivity index (χ1) is 12.2. The Labute approximate surface area is 141 Å². The van der Waals surface area contributed by atoms with E-state index in [2.05, 4.69) is 30.0 Å². The van der Waals surface area contributed by atoms with Crippen LogP contribution in [0.15, 0.2) is 41.3 Å². The molecule has 4 heterocycles. The van der Waals surface area contributed by atoms with Crippen molar-refractivity contribution in [2.75, 3.05) is 0 Å². The van der Waals surface area contributed by atoms with Crippen molar-refractivity contribution in [3.63, 3.8) is 0 Å². The largest absolute Gasteiger partial charge is 0.442 e. The van der Waals surface area contributed by atoms with Crippen LogP contribution < -0.4 is 0 Å². The molecule has 4 aromatic heterocycles. The number of aryl methyl sites for hydroxylation is 2. The highest BCUT2D eigenvalue weighted by Gasteiger charge is 2.13. The molecule has 8 nitrogen and oxygen atoms in total. The molecule has 122 valence electrons. The Balaban J connectivity index is 1.66. The van der Waals surface area contributed by atoms with Gasteiger partial charge in [0.15, 0.2) is 17.3 Å². The van der Waals surface area contributed by atoms with E-state index in [1.807, 2.05) is 36.6 Å². The number of aromatic amines is 1. The van der Waals surface area contributed by atoms with Crippen molar-refractivity contribution in [3.05, 3.63) is 48.2 Å². The topological polar surface area (TPSA) is 97.8 Å². The third-order valence-corrected chi connectivity index (χ3v) is 4.09. The molecule has 0 radical (unpaired) electrons. The highest BCUT2D eigenvalue weighted by Crippen LogP contribution is 2.24. The smallest absolute Gasteiger partial charge is 0.262 e. The van der Waals surface area contributed by atoms with Gasteiger partial charge in [-0.15, -0.1) is 5.10 Å². The zero-order chi connectivity index (χ0) is 17.0. The van der Waals surface area contributed by atoms with Crippen LogP contribution in [0.4, 0.5) is 0 Å². The fraction of sp³-hybridized carbons (Fsp3) is 0.118. The zero-order valence-corrected chi connectivity index (χ0v) is 13.6. The number of nitrogens with one attached hydrogen (secondary N) is 1. The van der Waals surface area contributed by atoms with Gasteiger partial charge in [0.1, 0.15) is 6.26 Å². The molecule has 0 atom stereocenters. The number of nitrogens with zero attached hydrogens (tertiary/aromatic N) is 6. The summed E-state index contributed by atoms with van der Waals surface area (Å²) in [5, 5.41) is 4.60. The van der Waals surface area contributed by atoms with Crippen LogP contribution in [0, 0.1) is 13.8 Å². The summed E-state index contributed by atoms with van der Waals surface area (Å²) in [5.74, 6) is 1.69. The predicted octanol–water partition coefficient (Wildman–Crippen LogP) is 2.94. The summed E-state index contributed by atoms with van der Waals surface area (Å²) >= 11 is 0. The van der Waals surface area contributed by atoms with E-state index in [-0.39, 0.29) is 0 Å². The monoisotopic (exact) mass is 331 g/mol. The van der Waals surface area contributed by atoms with Gasteiger partial charge in [-0.2, -0.15) is 0 Å². The van der Waals surface area contributed by atoms with Crippen LogP contribution in [-0.2, 0) is 0 Å². The van der Waals surface area contributed by atoms with Gasteiger partial charge in [-0.05, 0) is 32.0 Å². The molecule has 0 saturated heterocycles. The minimum absolute atomic E-state index is 0.459. The summed E-state index contributed by atoms with van der Waals surface area (Å²) in [7, 11) is 0. The van der Waals surface area contributed by atoms with E-state index < -0.39 is 0 Å². The van der Waals surface area contributed by atoms with Crippen molar-refractivity contribution in [2.45, 2.75) is 13.8 Å². The van der Waals surface area contributed by atoms with Gasteiger partial charge in [0.25, 0.3) is 5.89 Å². The molecule has 5 rings (SSSR count). The normalized spacial score (nSPS) is 11.6. The van der Waals surface area contributed by atoms with Crippen molar-refractivity contribution in [2.24, 2.45) is 0 Å². The molecule has 0 aliphatic rings. The van der Waals surface area contributed by atoms with Crippen molar-refractivity contribution < 1.29 is 4.42 Å². The maximum absolute atomic E-state index is 5.29. The average molecular weight is 331 g/mol. The fourth-order valence-corrected chi connectivity index (χ4v) is 2.80. The molecule has 0 unspecified atom stereocenters. The van der Waals surface area contributed by atoms with E-state index in [0.29, 0.717) is 17.5 Å². The summed E-state index contributed by atoms with van der Waals surface area (Å²) in [5.41, 5.74) is 5.13. The van der Waals surface area contributed by atoms with Gasteiger partial charge in [-0.3, -0.25) is 4.98 Å². The number of rotatable bonds is 2. The lowest BCUT2D eigenvalue weighted by molar-refractivity contribution is 0.570. The van der Waals surface area contributed by atoms with Gasteiger partial charge >= 0.3 is 0 Å². The molecule has 0 aliphatic heterocycles. The van der Waals surface area contributed by atoms with Gasteiger partial charge < -0.3 is 9.40 Å². The van der Waals surface area contributed by atoms with E-state index in [0.717, 1.165) is 33.6 Å². The maximum Gasteiger partial charge on any atom is 0.262 e. The second-order valence-electron chi connectivity index (χ2n) is 5.81. The van der Waals surface area contributed by atoms with E-state index in [4.69, 9.17) is 4.42 Å². The van der Waals surface area contributed by atoms with Crippen LogP contribution in [-0.4, -0.2) is 34.5 Å². The summed E-state index contributed by atoms with van der Waals surface area (Å²) in [6.45, 7) is 3.88. The van der Waals surface area contributed by atoms with Crippen LogP contribution in [0.2, 0.25) is 0 Å². The number of fused-ring (bicyclic) bond motifs is 2. The molecule has 0 bridgehead atoms. The van der Waals surface area contributed by atoms with Gasteiger partial charge in [0.2, 0.25) is 0 Å². The molecule has 1 aromatic carbocycles. The van der Waals surface area contributed by atoms with Crippen LogP contribution in [0.1, 0.15) is 11.4 Å². The van der Waals surface area contributed by atoms with Gasteiger partial charge in [0.05, 0.1) is 28.6 Å². The van der Waals surface area contributed by atoms with Crippen molar-refractivity contribution in [1.29, 1.82) is 0 Å². The molecule has 1 N–H and O–H groups in total. The number of hydrogen-bond donors (Lipinski definition) is 1. The minimum atomic E-state index is 0.459. The summed E-state index contributed by atoms with van der Waals surface area (Å²) < 4.78 is 7.10. The molecule has 25 heavy (non-hydrogen) atoms. The molecule has 0 amide bonds. The quantitative estimate of drug-likeness (QED) is 0.534. The lowest BCUT2D eigenvalue weighted by Gasteiger charge is -1.97. The third-order valence-electron chi connectivity index (χ3n) is 4.09. The fourth-order valence-electron chi connectivity index (χ4n) is 2.80. The molecule has 8 heteroatoms. The number of benzene rings is 1. The van der Waals surface area contributed by atoms with E-state index >= 15 is 0 Å². The molecule has 0 saturated carbocycles. The Kier molecular flexibility index (Phi) is 2.75. The predicted molar refractivity (Wildman–Crippen MR) is 90.8 cm³/mol. The van der Waals surface area contributed by atoms with Gasteiger partial charge in [-0.1, -0.05) is 0 Å². The molecule has 0 fully saturated rings. The number of aromatic nitrogens is 7. The average Bonchev–Trinajstić information content (AvgIpc) is 3.36. The van der Waals surface area contributed by atoms with Crippen LogP contribution in [0.5, 0.6) is 0 Å². The number of H-pyrrole nitrogens is 1. The first-order valence-electron chi connectivity index (χ1n) is 7.78. The second-order valence-corrected chi connectivity index (χ2v) is 5.81. The molecule has 0 aliphatic carbocycles. The van der Waals surface area contributed by atoms with Crippen LogP contribution in [0.25, 0.3) is 39.8 Å². The highest BCUT2D eigenvalue weighted by molar-refractivity contribution is 5.82. The van der Waals surface area contributed by atoms with Crippen molar-refractivity contribution in [3.8, 4) is 23.1 Å². The Morgan fingerprint density at radius 3 is 2.84 bits per heavy atom. The SMILES string of the molecule is Cc1ncc(C)n2nc(-c3ccc4[nH]c(-c5ncco5)nc4c3)nc12. The Morgan fingerprint density at radius 2 is 2.04 bits per heavy atom. The lowest BCUT2D eigenvalue weighted by Crippen LogP contribution is -1.97. The van der Waals surface area contributed by atoms with E-state index in [1.54, 1.807) is 12.4 Å². The lowest BCUT2D eigenvalue weighted by atomic mass is 10.2. The van der Waals surface area contributed by atoms with Crippen LogP contribution in [0.3, 0.4) is 0 Å². The first kappa shape index (κ1) is 13.8. The number of hydrogen-bond acceptors (Lipinski definition) is 6. The maximum atomic E-state index is 5.29. The summed E-state index contributed by atoms with van der Waals surface area (Å²) in [4.78, 5) is 20.8. The Morgan fingerprint density at radius 1 is 1.12 bits per heavy atom. The molecule has 0 spiro atoms. The standard InChI is InChI=1S/C17H13N7O/c1-9-8-19-10(2)16-22-14(23-24(9)16)11-3-4-12-13(7-11)21-15(20-12)17-18-5-6-25-17/h3-8H,1-2H3,(H,20,21). The highest BCUT2D eigenvalue weighted by atomic mass is 16.3.